The Morgan fingerprint density at radius 3 is 2.48 bits per heavy atom. The van der Waals surface area contributed by atoms with E-state index in [9.17, 15) is 4.79 Å². The Morgan fingerprint density at radius 2 is 2.00 bits per heavy atom. The molecule has 120 valence electrons. The van der Waals surface area contributed by atoms with Crippen LogP contribution in [0.2, 0.25) is 0 Å². The number of hydrogen-bond acceptors (Lipinski definition) is 6. The van der Waals surface area contributed by atoms with Gasteiger partial charge < -0.3 is 20.9 Å². The Hall–Kier alpha value is -1.34. The van der Waals surface area contributed by atoms with Crippen molar-refractivity contribution in [2.45, 2.75) is 39.8 Å². The first-order valence-corrected chi connectivity index (χ1v) is 8.06. The van der Waals surface area contributed by atoms with Crippen LogP contribution in [0.25, 0.3) is 0 Å². The van der Waals surface area contributed by atoms with Gasteiger partial charge in [0.1, 0.15) is 10.7 Å². The summed E-state index contributed by atoms with van der Waals surface area (Å²) in [6.45, 7) is 9.54. The summed E-state index contributed by atoms with van der Waals surface area (Å²) in [6, 6.07) is 0.383. The third-order valence-electron chi connectivity index (χ3n) is 3.02. The number of amides is 1. The molecule has 0 saturated heterocycles. The number of likely N-dealkylation sites (N-methyl/N-ethyl adjacent to an activating group) is 2. The molecule has 1 amide bonds. The Bertz CT molecular complexity index is 472. The summed E-state index contributed by atoms with van der Waals surface area (Å²) in [5.41, 5.74) is 5.91. The van der Waals surface area contributed by atoms with Crippen LogP contribution >= 0.6 is 11.3 Å². The van der Waals surface area contributed by atoms with Gasteiger partial charge in [0.2, 0.25) is 0 Å². The zero-order valence-electron chi connectivity index (χ0n) is 13.8. The quantitative estimate of drug-likeness (QED) is 0.805. The number of nitrogens with zero attached hydrogens (tertiary/aromatic N) is 3. The van der Waals surface area contributed by atoms with Crippen LogP contribution in [0.15, 0.2) is 0 Å². The number of carbonyl (C=O) groups excluding carboxylic acids is 1. The largest absolute Gasteiger partial charge is 0.382 e. The zero-order valence-corrected chi connectivity index (χ0v) is 14.6. The summed E-state index contributed by atoms with van der Waals surface area (Å²) in [5, 5.41) is 3.88. The average Bonchev–Trinajstić information content (AvgIpc) is 2.68. The predicted molar refractivity (Wildman–Crippen MR) is 90.0 cm³/mol. The number of anilines is 2. The first-order valence-electron chi connectivity index (χ1n) is 7.24. The van der Waals surface area contributed by atoms with E-state index < -0.39 is 0 Å². The molecule has 1 aromatic heterocycles. The van der Waals surface area contributed by atoms with Crippen LogP contribution in [-0.4, -0.2) is 60.0 Å². The van der Waals surface area contributed by atoms with Gasteiger partial charge in [0, 0.05) is 25.2 Å². The number of rotatable bonds is 7. The lowest BCUT2D eigenvalue weighted by atomic mass is 10.2. The highest BCUT2D eigenvalue weighted by atomic mass is 32.1. The number of hydrogen-bond donors (Lipinski definition) is 2. The van der Waals surface area contributed by atoms with Crippen LogP contribution in [-0.2, 0) is 0 Å². The van der Waals surface area contributed by atoms with Gasteiger partial charge in [0.15, 0.2) is 5.13 Å². The molecule has 1 rings (SSSR count). The van der Waals surface area contributed by atoms with Gasteiger partial charge >= 0.3 is 0 Å². The molecule has 0 saturated carbocycles. The Morgan fingerprint density at radius 1 is 1.38 bits per heavy atom. The molecule has 0 aromatic carbocycles. The van der Waals surface area contributed by atoms with E-state index in [2.05, 4.69) is 15.2 Å². The molecule has 0 aliphatic rings. The summed E-state index contributed by atoms with van der Waals surface area (Å²) in [7, 11) is 4.00. The normalized spacial score (nSPS) is 12.8. The minimum atomic E-state index is -0.0429. The molecule has 6 nitrogen and oxygen atoms in total. The summed E-state index contributed by atoms with van der Waals surface area (Å²) in [5.74, 6) is 0.266. The van der Waals surface area contributed by atoms with Gasteiger partial charge in [-0.2, -0.15) is 0 Å². The van der Waals surface area contributed by atoms with E-state index >= 15 is 0 Å². The number of carbonyl (C=O) groups is 1. The van der Waals surface area contributed by atoms with Crippen molar-refractivity contribution in [3.63, 3.8) is 0 Å². The minimum absolute atomic E-state index is 0.0429. The van der Waals surface area contributed by atoms with Crippen LogP contribution in [0.4, 0.5) is 10.9 Å². The van der Waals surface area contributed by atoms with Gasteiger partial charge in [0.25, 0.3) is 5.91 Å². The molecule has 1 atom stereocenters. The highest BCUT2D eigenvalue weighted by Gasteiger charge is 2.25. The molecular formula is C14H27N5OS. The van der Waals surface area contributed by atoms with Crippen LogP contribution in [0.5, 0.6) is 0 Å². The van der Waals surface area contributed by atoms with E-state index in [1.54, 1.807) is 0 Å². The Kier molecular flexibility index (Phi) is 6.42. The second-order valence-corrected chi connectivity index (χ2v) is 6.73. The number of thiazole rings is 1. The number of nitrogen functional groups attached to an aromatic ring is 1. The van der Waals surface area contributed by atoms with Crippen LogP contribution in [0.1, 0.15) is 37.4 Å². The van der Waals surface area contributed by atoms with Gasteiger partial charge in [-0.15, -0.1) is 0 Å². The van der Waals surface area contributed by atoms with Crippen molar-refractivity contribution < 1.29 is 4.79 Å². The third kappa shape index (κ3) is 4.86. The van der Waals surface area contributed by atoms with E-state index in [1.807, 2.05) is 46.7 Å². The van der Waals surface area contributed by atoms with Crippen LogP contribution < -0.4 is 11.1 Å². The maximum Gasteiger partial charge on any atom is 0.268 e. The SMILES string of the molecule is CCN(C(=O)c1sc(NC(C)C)nc1N)C(C)CN(C)C. The zero-order chi connectivity index (χ0) is 16.2. The topological polar surface area (TPSA) is 74.5 Å². The highest BCUT2D eigenvalue weighted by molar-refractivity contribution is 7.18. The summed E-state index contributed by atoms with van der Waals surface area (Å²) < 4.78 is 0. The number of nitrogens with one attached hydrogen (secondary N) is 1. The molecule has 1 heterocycles. The molecule has 21 heavy (non-hydrogen) atoms. The lowest BCUT2D eigenvalue weighted by molar-refractivity contribution is 0.0685. The fraction of sp³-hybridized carbons (Fsp3) is 0.714. The Labute approximate surface area is 131 Å². The van der Waals surface area contributed by atoms with Gasteiger partial charge in [-0.3, -0.25) is 4.79 Å². The van der Waals surface area contributed by atoms with Crippen LogP contribution in [0.3, 0.4) is 0 Å². The monoisotopic (exact) mass is 313 g/mol. The fourth-order valence-corrected chi connectivity index (χ4v) is 3.19. The second-order valence-electron chi connectivity index (χ2n) is 5.73. The fourth-order valence-electron chi connectivity index (χ4n) is 2.21. The minimum Gasteiger partial charge on any atom is -0.382 e. The molecule has 1 unspecified atom stereocenters. The third-order valence-corrected chi connectivity index (χ3v) is 4.01. The number of nitrogens with two attached hydrogens (primary N) is 1. The van der Waals surface area contributed by atoms with Crippen molar-refractivity contribution in [3.05, 3.63) is 4.88 Å². The smallest absolute Gasteiger partial charge is 0.268 e. The summed E-state index contributed by atoms with van der Waals surface area (Å²) >= 11 is 1.32. The molecule has 0 aliphatic carbocycles. The summed E-state index contributed by atoms with van der Waals surface area (Å²) in [6.07, 6.45) is 0. The Balaban J connectivity index is 2.92. The lowest BCUT2D eigenvalue weighted by Gasteiger charge is -2.29. The molecule has 0 bridgehead atoms. The molecule has 1 aromatic rings. The van der Waals surface area contributed by atoms with Gasteiger partial charge in [-0.1, -0.05) is 11.3 Å². The van der Waals surface area contributed by atoms with E-state index in [0.717, 1.165) is 6.54 Å². The van der Waals surface area contributed by atoms with E-state index in [-0.39, 0.29) is 18.0 Å². The van der Waals surface area contributed by atoms with Crippen molar-refractivity contribution in [1.82, 2.24) is 14.8 Å². The highest BCUT2D eigenvalue weighted by Crippen LogP contribution is 2.27. The molecule has 7 heteroatoms. The summed E-state index contributed by atoms with van der Waals surface area (Å²) in [4.78, 5) is 21.4. The van der Waals surface area contributed by atoms with Gasteiger partial charge in [-0.25, -0.2) is 4.98 Å². The van der Waals surface area contributed by atoms with E-state index in [4.69, 9.17) is 5.73 Å². The van der Waals surface area contributed by atoms with Crippen molar-refractivity contribution in [3.8, 4) is 0 Å². The first-order chi connectivity index (χ1) is 9.76. The van der Waals surface area contributed by atoms with Gasteiger partial charge in [0.05, 0.1) is 0 Å². The maximum atomic E-state index is 12.7. The van der Waals surface area contributed by atoms with Crippen LogP contribution in [0, 0.1) is 0 Å². The van der Waals surface area contributed by atoms with E-state index in [1.165, 1.54) is 11.3 Å². The second kappa shape index (κ2) is 7.61. The molecule has 0 aliphatic heterocycles. The predicted octanol–water partition coefficient (Wildman–Crippen LogP) is 1.96. The average molecular weight is 313 g/mol. The van der Waals surface area contributed by atoms with Gasteiger partial charge in [-0.05, 0) is 41.8 Å². The molecule has 0 fully saturated rings. The van der Waals surface area contributed by atoms with Crippen molar-refractivity contribution in [2.75, 3.05) is 38.2 Å². The molecule has 0 radical (unpaired) electrons. The standard InChI is InChI=1S/C14H27N5OS/c1-7-19(10(4)8-18(5)6)13(20)11-12(15)17-14(21-11)16-9(2)3/h9-10H,7-8,15H2,1-6H3,(H,16,17). The van der Waals surface area contributed by atoms with Crippen molar-refractivity contribution in [2.24, 2.45) is 0 Å². The number of aromatic nitrogens is 1. The van der Waals surface area contributed by atoms with Crippen molar-refractivity contribution >= 4 is 28.2 Å². The molecule has 3 N–H and O–H groups in total. The maximum absolute atomic E-state index is 12.7. The molecular weight excluding hydrogens is 286 g/mol. The first kappa shape index (κ1) is 17.7. The van der Waals surface area contributed by atoms with E-state index in [0.29, 0.717) is 22.4 Å². The van der Waals surface area contributed by atoms with Crippen molar-refractivity contribution in [1.29, 1.82) is 0 Å². The molecule has 0 spiro atoms. The lowest BCUT2D eigenvalue weighted by Crippen LogP contribution is -2.43.